The van der Waals surface area contributed by atoms with E-state index in [1.807, 2.05) is 0 Å². The fraction of sp³-hybridized carbons (Fsp3) is 0.200. The van der Waals surface area contributed by atoms with Gasteiger partial charge in [0.25, 0.3) is 5.22 Å². The van der Waals surface area contributed by atoms with Gasteiger partial charge in [-0.15, -0.1) is 10.2 Å². The molecule has 0 saturated heterocycles. The van der Waals surface area contributed by atoms with Crippen molar-refractivity contribution in [2.45, 2.75) is 24.1 Å². The van der Waals surface area contributed by atoms with Crippen LogP contribution in [0.5, 0.6) is 0 Å². The molecule has 6 heteroatoms. The van der Waals surface area contributed by atoms with Crippen LogP contribution in [0.1, 0.15) is 23.2 Å². The Kier molecular flexibility index (Phi) is 3.00. The molecule has 5 nitrogen and oxygen atoms in total. The second-order valence-electron chi connectivity index (χ2n) is 3.10. The van der Waals surface area contributed by atoms with E-state index in [0.29, 0.717) is 21.7 Å². The van der Waals surface area contributed by atoms with Gasteiger partial charge in [-0.3, -0.25) is 4.79 Å². The molecule has 0 amide bonds. The number of pyridine rings is 1. The highest BCUT2D eigenvalue weighted by Gasteiger charge is 2.12. The molecule has 0 aliphatic heterocycles. The van der Waals surface area contributed by atoms with Crippen LogP contribution in [0, 0.1) is 6.92 Å². The van der Waals surface area contributed by atoms with E-state index in [2.05, 4.69) is 15.2 Å². The Labute approximate surface area is 96.3 Å². The van der Waals surface area contributed by atoms with Crippen molar-refractivity contribution in [2.75, 3.05) is 0 Å². The lowest BCUT2D eigenvalue weighted by Gasteiger charge is -2.01. The van der Waals surface area contributed by atoms with Crippen LogP contribution < -0.4 is 0 Å². The quantitative estimate of drug-likeness (QED) is 0.759. The van der Waals surface area contributed by atoms with E-state index >= 15 is 0 Å². The molecule has 0 saturated carbocycles. The summed E-state index contributed by atoms with van der Waals surface area (Å²) in [6, 6.07) is 3.45. The minimum absolute atomic E-state index is 0.0353. The number of carbonyl (C=O) groups excluding carboxylic acids is 1. The minimum Gasteiger partial charge on any atom is -0.416 e. The molecule has 0 N–H and O–H groups in total. The third-order valence-corrected chi connectivity index (χ3v) is 2.70. The highest BCUT2D eigenvalue weighted by atomic mass is 32.2. The van der Waals surface area contributed by atoms with Gasteiger partial charge < -0.3 is 4.42 Å². The molecule has 0 aliphatic rings. The van der Waals surface area contributed by atoms with Gasteiger partial charge in [0, 0.05) is 13.1 Å². The topological polar surface area (TPSA) is 68.9 Å². The van der Waals surface area contributed by atoms with Crippen LogP contribution in [-0.2, 0) is 0 Å². The number of aryl methyl sites for hydroxylation is 1. The van der Waals surface area contributed by atoms with E-state index in [1.165, 1.54) is 18.7 Å². The first-order valence-corrected chi connectivity index (χ1v) is 5.42. The molecule has 2 aromatic rings. The standard InChI is InChI=1S/C10H9N3O2S/c1-6(14)8-4-3-5-11-9(8)16-10-13-12-7(2)15-10/h3-5H,1-2H3. The van der Waals surface area contributed by atoms with Crippen molar-refractivity contribution < 1.29 is 9.21 Å². The van der Waals surface area contributed by atoms with E-state index in [4.69, 9.17) is 4.42 Å². The molecule has 0 fully saturated rings. The maximum atomic E-state index is 11.3. The smallest absolute Gasteiger partial charge is 0.282 e. The van der Waals surface area contributed by atoms with Gasteiger partial charge in [-0.05, 0) is 30.8 Å². The molecular weight excluding hydrogens is 226 g/mol. The zero-order valence-electron chi connectivity index (χ0n) is 8.80. The van der Waals surface area contributed by atoms with Crippen LogP contribution in [0.4, 0.5) is 0 Å². The summed E-state index contributed by atoms with van der Waals surface area (Å²) in [6.07, 6.45) is 1.62. The van der Waals surface area contributed by atoms with Crippen molar-refractivity contribution >= 4 is 17.5 Å². The fourth-order valence-electron chi connectivity index (χ4n) is 1.14. The largest absolute Gasteiger partial charge is 0.416 e. The van der Waals surface area contributed by atoms with E-state index in [-0.39, 0.29) is 5.78 Å². The number of carbonyl (C=O) groups is 1. The fourth-order valence-corrected chi connectivity index (χ4v) is 1.99. The average Bonchev–Trinajstić information content (AvgIpc) is 2.64. The summed E-state index contributed by atoms with van der Waals surface area (Å²) < 4.78 is 5.21. The molecule has 2 rings (SSSR count). The molecule has 0 atom stereocenters. The van der Waals surface area contributed by atoms with E-state index in [0.717, 1.165) is 0 Å². The first-order valence-electron chi connectivity index (χ1n) is 4.60. The molecular formula is C10H9N3O2S. The number of rotatable bonds is 3. The van der Waals surface area contributed by atoms with Crippen LogP contribution in [0.3, 0.4) is 0 Å². The summed E-state index contributed by atoms with van der Waals surface area (Å²) in [5.74, 6) is 0.453. The Morgan fingerprint density at radius 2 is 2.25 bits per heavy atom. The second kappa shape index (κ2) is 4.44. The molecule has 0 spiro atoms. The van der Waals surface area contributed by atoms with Gasteiger partial charge in [0.15, 0.2) is 5.78 Å². The summed E-state index contributed by atoms with van der Waals surface area (Å²) in [4.78, 5) is 15.5. The predicted octanol–water partition coefficient (Wildman–Crippen LogP) is 2.13. The predicted molar refractivity (Wildman–Crippen MR) is 57.4 cm³/mol. The van der Waals surface area contributed by atoms with Crippen molar-refractivity contribution in [1.29, 1.82) is 0 Å². The van der Waals surface area contributed by atoms with Crippen LogP contribution in [0.2, 0.25) is 0 Å². The summed E-state index contributed by atoms with van der Waals surface area (Å²) in [5, 5.41) is 8.51. The lowest BCUT2D eigenvalue weighted by Crippen LogP contribution is -1.96. The highest BCUT2D eigenvalue weighted by molar-refractivity contribution is 7.99. The third kappa shape index (κ3) is 2.27. The van der Waals surface area contributed by atoms with Gasteiger partial charge in [-0.1, -0.05) is 0 Å². The second-order valence-corrected chi connectivity index (χ2v) is 4.04. The molecule has 2 aromatic heterocycles. The van der Waals surface area contributed by atoms with Crippen LogP contribution in [-0.4, -0.2) is 21.0 Å². The van der Waals surface area contributed by atoms with Crippen molar-refractivity contribution in [2.24, 2.45) is 0 Å². The van der Waals surface area contributed by atoms with E-state index in [9.17, 15) is 4.79 Å². The SMILES string of the molecule is CC(=O)c1cccnc1Sc1nnc(C)o1. The molecule has 0 unspecified atom stereocenters. The molecule has 2 heterocycles. The number of hydrogen-bond donors (Lipinski definition) is 0. The Balaban J connectivity index is 2.31. The third-order valence-electron chi connectivity index (χ3n) is 1.84. The van der Waals surface area contributed by atoms with Crippen LogP contribution in [0.15, 0.2) is 33.0 Å². The lowest BCUT2D eigenvalue weighted by molar-refractivity contribution is 0.101. The number of ketones is 1. The van der Waals surface area contributed by atoms with Crippen molar-refractivity contribution in [3.63, 3.8) is 0 Å². The maximum absolute atomic E-state index is 11.3. The van der Waals surface area contributed by atoms with E-state index < -0.39 is 0 Å². The Bertz CT molecular complexity index is 524. The van der Waals surface area contributed by atoms with Gasteiger partial charge in [0.2, 0.25) is 5.89 Å². The summed E-state index contributed by atoms with van der Waals surface area (Å²) in [5.41, 5.74) is 0.559. The average molecular weight is 235 g/mol. The summed E-state index contributed by atoms with van der Waals surface area (Å²) in [7, 11) is 0. The van der Waals surface area contributed by atoms with Gasteiger partial charge in [0.05, 0.1) is 5.56 Å². The van der Waals surface area contributed by atoms with Gasteiger partial charge in [-0.2, -0.15) is 0 Å². The molecule has 0 bridgehead atoms. The Hall–Kier alpha value is -1.69. The molecule has 16 heavy (non-hydrogen) atoms. The molecule has 0 aromatic carbocycles. The number of hydrogen-bond acceptors (Lipinski definition) is 6. The molecule has 0 aliphatic carbocycles. The first kappa shape index (κ1) is 10.8. The Morgan fingerprint density at radius 3 is 2.88 bits per heavy atom. The maximum Gasteiger partial charge on any atom is 0.282 e. The van der Waals surface area contributed by atoms with Crippen molar-refractivity contribution in [3.8, 4) is 0 Å². The summed E-state index contributed by atoms with van der Waals surface area (Å²) in [6.45, 7) is 3.21. The minimum atomic E-state index is -0.0353. The van der Waals surface area contributed by atoms with Crippen LogP contribution >= 0.6 is 11.8 Å². The lowest BCUT2D eigenvalue weighted by atomic mass is 10.2. The number of aromatic nitrogens is 3. The normalized spacial score (nSPS) is 10.4. The zero-order chi connectivity index (χ0) is 11.5. The Morgan fingerprint density at radius 1 is 1.44 bits per heavy atom. The van der Waals surface area contributed by atoms with Crippen molar-refractivity contribution in [3.05, 3.63) is 29.8 Å². The monoisotopic (exact) mass is 235 g/mol. The van der Waals surface area contributed by atoms with Gasteiger partial charge in [-0.25, -0.2) is 4.98 Å². The van der Waals surface area contributed by atoms with Gasteiger partial charge >= 0.3 is 0 Å². The number of nitrogens with zero attached hydrogens (tertiary/aromatic N) is 3. The summed E-state index contributed by atoms with van der Waals surface area (Å²) >= 11 is 1.19. The van der Waals surface area contributed by atoms with E-state index in [1.54, 1.807) is 25.3 Å². The highest BCUT2D eigenvalue weighted by Crippen LogP contribution is 2.27. The van der Waals surface area contributed by atoms with Gasteiger partial charge in [0.1, 0.15) is 5.03 Å². The molecule has 0 radical (unpaired) electrons. The first-order chi connectivity index (χ1) is 7.66. The van der Waals surface area contributed by atoms with Crippen LogP contribution in [0.25, 0.3) is 0 Å². The van der Waals surface area contributed by atoms with Crippen molar-refractivity contribution in [1.82, 2.24) is 15.2 Å². The molecule has 82 valence electrons. The zero-order valence-corrected chi connectivity index (χ0v) is 9.61. The number of Topliss-reactive ketones (excluding diaryl/α,β-unsaturated/α-hetero) is 1.